The van der Waals surface area contributed by atoms with Gasteiger partial charge >= 0.3 is 0 Å². The maximum atomic E-state index is 4.95. The van der Waals surface area contributed by atoms with Crippen LogP contribution in [0.15, 0.2) is 12.3 Å². The third kappa shape index (κ3) is 5.54. The van der Waals surface area contributed by atoms with Gasteiger partial charge in [0.2, 0.25) is 0 Å². The van der Waals surface area contributed by atoms with Crippen LogP contribution in [0.3, 0.4) is 0 Å². The van der Waals surface area contributed by atoms with Gasteiger partial charge in [0.15, 0.2) is 0 Å². The smallest absolute Gasteiger partial charge is 0.0870 e. The van der Waals surface area contributed by atoms with Crippen LogP contribution in [0.5, 0.6) is 0 Å². The minimum Gasteiger partial charge on any atom is -0.502 e. The first-order chi connectivity index (χ1) is 3.41. The Morgan fingerprint density at radius 2 is 2.29 bits per heavy atom. The largest absolute Gasteiger partial charge is 0.502 e. The Hall–Kier alpha value is -0.460. The molecule has 0 aliphatic carbocycles. The van der Waals surface area contributed by atoms with Crippen LogP contribution in [0, 0.1) is 0 Å². The van der Waals surface area contributed by atoms with Crippen LogP contribution in [0.25, 0.3) is 0 Å². The van der Waals surface area contributed by atoms with Crippen molar-refractivity contribution in [1.82, 2.24) is 0 Å². The summed E-state index contributed by atoms with van der Waals surface area (Å²) < 4.78 is 4.95. The van der Waals surface area contributed by atoms with Crippen LogP contribution in [0.2, 0.25) is 0 Å². The molecule has 0 saturated heterocycles. The normalized spacial score (nSPS) is 10.0. The minimum atomic E-state index is 0.838. The molecule has 0 spiro atoms. The van der Waals surface area contributed by atoms with E-state index < -0.39 is 0 Å². The first-order valence-electron chi connectivity index (χ1n) is 2.64. The van der Waals surface area contributed by atoms with Gasteiger partial charge in [-0.2, -0.15) is 0 Å². The lowest BCUT2D eigenvalue weighted by molar-refractivity contribution is 0.249. The number of ether oxygens (including phenoxy) is 1. The van der Waals surface area contributed by atoms with Crippen LogP contribution in [-0.4, -0.2) is 6.61 Å². The van der Waals surface area contributed by atoms with Crippen molar-refractivity contribution in [3.8, 4) is 0 Å². The molecule has 1 heteroatoms. The molecule has 0 fully saturated rings. The molecule has 0 aliphatic rings. The molecule has 7 heavy (non-hydrogen) atoms. The van der Waals surface area contributed by atoms with Crippen molar-refractivity contribution in [3.05, 3.63) is 12.3 Å². The predicted molar refractivity (Wildman–Crippen MR) is 31.1 cm³/mol. The molecular weight excluding hydrogens is 88.1 g/mol. The fraction of sp³-hybridized carbons (Fsp3) is 0.667. The van der Waals surface area contributed by atoms with E-state index in [0.29, 0.717) is 0 Å². The van der Waals surface area contributed by atoms with E-state index in [-0.39, 0.29) is 0 Å². The number of allylic oxidation sites excluding steroid dienone is 1. The third-order valence-corrected chi connectivity index (χ3v) is 0.554. The number of hydrogen-bond donors (Lipinski definition) is 0. The first-order valence-corrected chi connectivity index (χ1v) is 2.64. The molecule has 0 N–H and O–H groups in total. The Labute approximate surface area is 45.0 Å². The summed E-state index contributed by atoms with van der Waals surface area (Å²) in [6, 6.07) is 0. The highest BCUT2D eigenvalue weighted by molar-refractivity contribution is 4.64. The summed E-state index contributed by atoms with van der Waals surface area (Å²) in [5.41, 5.74) is 0. The molecule has 0 radical (unpaired) electrons. The van der Waals surface area contributed by atoms with Gasteiger partial charge in [0.1, 0.15) is 0 Å². The van der Waals surface area contributed by atoms with Gasteiger partial charge in [-0.15, -0.1) is 0 Å². The third-order valence-electron chi connectivity index (χ3n) is 0.554. The van der Waals surface area contributed by atoms with E-state index in [1.165, 1.54) is 0 Å². The molecule has 42 valence electrons. The summed E-state index contributed by atoms with van der Waals surface area (Å²) in [6.45, 7) is 4.86. The maximum Gasteiger partial charge on any atom is 0.0870 e. The Balaban J connectivity index is 2.69. The SMILES string of the molecule is CC=COCCC. The highest BCUT2D eigenvalue weighted by Gasteiger charge is 1.70. The standard InChI is InChI=1S/C6H12O/c1-3-5-7-6-4-2/h3,5H,4,6H2,1-2H3. The van der Waals surface area contributed by atoms with E-state index in [0.717, 1.165) is 13.0 Å². The lowest BCUT2D eigenvalue weighted by atomic mass is 10.5. The van der Waals surface area contributed by atoms with Crippen molar-refractivity contribution in [3.63, 3.8) is 0 Å². The Morgan fingerprint density at radius 1 is 1.57 bits per heavy atom. The van der Waals surface area contributed by atoms with Crippen LogP contribution in [0.4, 0.5) is 0 Å². The maximum absolute atomic E-state index is 4.95. The highest BCUT2D eigenvalue weighted by Crippen LogP contribution is 1.79. The molecule has 0 rings (SSSR count). The number of rotatable bonds is 3. The van der Waals surface area contributed by atoms with E-state index >= 15 is 0 Å². The molecule has 0 aromatic rings. The minimum absolute atomic E-state index is 0.838. The van der Waals surface area contributed by atoms with Gasteiger partial charge in [-0.05, 0) is 13.3 Å². The van der Waals surface area contributed by atoms with E-state index in [1.54, 1.807) is 6.26 Å². The quantitative estimate of drug-likeness (QED) is 0.389. The molecular formula is C6H12O. The molecule has 0 heterocycles. The molecule has 0 amide bonds. The highest BCUT2D eigenvalue weighted by atomic mass is 16.5. The van der Waals surface area contributed by atoms with Crippen LogP contribution >= 0.6 is 0 Å². The van der Waals surface area contributed by atoms with Gasteiger partial charge in [-0.25, -0.2) is 0 Å². The second kappa shape index (κ2) is 5.54. The average molecular weight is 100 g/mol. The van der Waals surface area contributed by atoms with E-state index in [2.05, 4.69) is 6.92 Å². The van der Waals surface area contributed by atoms with Gasteiger partial charge in [0, 0.05) is 0 Å². The van der Waals surface area contributed by atoms with E-state index in [9.17, 15) is 0 Å². The molecule has 0 bridgehead atoms. The molecule has 0 aromatic heterocycles. The van der Waals surface area contributed by atoms with Crippen molar-refractivity contribution in [1.29, 1.82) is 0 Å². The van der Waals surface area contributed by atoms with Crippen molar-refractivity contribution < 1.29 is 4.74 Å². The van der Waals surface area contributed by atoms with Crippen molar-refractivity contribution in [2.45, 2.75) is 20.3 Å². The van der Waals surface area contributed by atoms with Crippen molar-refractivity contribution in [2.24, 2.45) is 0 Å². The predicted octanol–water partition coefficient (Wildman–Crippen LogP) is 1.95. The summed E-state index contributed by atoms with van der Waals surface area (Å²) in [6.07, 6.45) is 4.68. The van der Waals surface area contributed by atoms with Crippen LogP contribution < -0.4 is 0 Å². The monoisotopic (exact) mass is 100 g/mol. The lowest BCUT2D eigenvalue weighted by Crippen LogP contribution is -1.80. The van der Waals surface area contributed by atoms with E-state index in [1.807, 2.05) is 13.0 Å². The lowest BCUT2D eigenvalue weighted by Gasteiger charge is -1.91. The van der Waals surface area contributed by atoms with Crippen LogP contribution in [-0.2, 0) is 4.74 Å². The summed E-state index contributed by atoms with van der Waals surface area (Å²) in [4.78, 5) is 0. The summed E-state index contributed by atoms with van der Waals surface area (Å²) >= 11 is 0. The number of hydrogen-bond acceptors (Lipinski definition) is 1. The summed E-state index contributed by atoms with van der Waals surface area (Å²) in [5.74, 6) is 0. The van der Waals surface area contributed by atoms with Gasteiger partial charge in [0.25, 0.3) is 0 Å². The fourth-order valence-electron chi connectivity index (χ4n) is 0.282. The summed E-state index contributed by atoms with van der Waals surface area (Å²) in [5, 5.41) is 0. The van der Waals surface area contributed by atoms with Gasteiger partial charge in [0.05, 0.1) is 12.9 Å². The fourth-order valence-corrected chi connectivity index (χ4v) is 0.282. The summed E-state index contributed by atoms with van der Waals surface area (Å²) in [7, 11) is 0. The molecule has 0 saturated carbocycles. The Morgan fingerprint density at radius 3 is 2.71 bits per heavy atom. The Kier molecular flexibility index (Phi) is 5.18. The zero-order chi connectivity index (χ0) is 5.54. The van der Waals surface area contributed by atoms with Crippen molar-refractivity contribution in [2.75, 3.05) is 6.61 Å². The molecule has 0 aromatic carbocycles. The second-order valence-corrected chi connectivity index (χ2v) is 1.34. The zero-order valence-electron chi connectivity index (χ0n) is 4.98. The second-order valence-electron chi connectivity index (χ2n) is 1.34. The Bertz CT molecular complexity index is 48.1. The molecule has 0 aliphatic heterocycles. The van der Waals surface area contributed by atoms with E-state index in [4.69, 9.17) is 4.74 Å². The van der Waals surface area contributed by atoms with Gasteiger partial charge in [-0.1, -0.05) is 13.0 Å². The van der Waals surface area contributed by atoms with Crippen molar-refractivity contribution >= 4 is 0 Å². The topological polar surface area (TPSA) is 9.23 Å². The molecule has 0 atom stereocenters. The van der Waals surface area contributed by atoms with Gasteiger partial charge in [-0.3, -0.25) is 0 Å². The molecule has 1 nitrogen and oxygen atoms in total. The zero-order valence-corrected chi connectivity index (χ0v) is 4.98. The van der Waals surface area contributed by atoms with Crippen LogP contribution in [0.1, 0.15) is 20.3 Å². The molecule has 0 unspecified atom stereocenters. The van der Waals surface area contributed by atoms with Gasteiger partial charge < -0.3 is 4.74 Å². The first kappa shape index (κ1) is 6.54. The average Bonchev–Trinajstić information content (AvgIpc) is 1.69.